The van der Waals surface area contributed by atoms with Crippen LogP contribution in [0.3, 0.4) is 0 Å². The maximum Gasteiger partial charge on any atom is 0.108 e. The van der Waals surface area contributed by atoms with Crippen LogP contribution in [0, 0.1) is 6.92 Å². The van der Waals surface area contributed by atoms with E-state index in [1.807, 2.05) is 12.4 Å². The molecule has 0 aliphatic rings. The number of nitrogens with zero attached hydrogens (tertiary/aromatic N) is 3. The van der Waals surface area contributed by atoms with Gasteiger partial charge >= 0.3 is 0 Å². The number of imidazole rings is 2. The van der Waals surface area contributed by atoms with Crippen molar-refractivity contribution in [2.75, 3.05) is 0 Å². The Kier molecular flexibility index (Phi) is 4.00. The third-order valence-electron chi connectivity index (χ3n) is 3.83. The summed E-state index contributed by atoms with van der Waals surface area (Å²) in [5.41, 5.74) is 2.70. The molecular weight excluding hydrogens is 260 g/mol. The van der Waals surface area contributed by atoms with Crippen LogP contribution < -0.4 is 0 Å². The second-order valence-corrected chi connectivity index (χ2v) is 7.84. The van der Waals surface area contributed by atoms with Gasteiger partial charge in [0.2, 0.25) is 0 Å². The van der Waals surface area contributed by atoms with Crippen molar-refractivity contribution in [1.82, 2.24) is 19.5 Å². The smallest absolute Gasteiger partial charge is 0.108 e. The molecule has 0 bridgehead atoms. The minimum Gasteiger partial charge on any atom is -0.345 e. The molecule has 1 N–H and O–H groups in total. The molecule has 2 rings (SSSR count). The molecule has 0 aliphatic heterocycles. The van der Waals surface area contributed by atoms with Crippen LogP contribution in [0.5, 0.6) is 0 Å². The number of hydrogen-bond acceptors (Lipinski definition) is 2. The minimum absolute atomic E-state index is 0.112. The van der Waals surface area contributed by atoms with Crippen molar-refractivity contribution in [3.05, 3.63) is 35.4 Å². The number of nitrogens with one attached hydrogen (secondary N) is 1. The maximum atomic E-state index is 4.51. The van der Waals surface area contributed by atoms with Gasteiger partial charge in [0.15, 0.2) is 0 Å². The zero-order chi connectivity index (χ0) is 15.8. The van der Waals surface area contributed by atoms with E-state index < -0.39 is 0 Å². The lowest BCUT2D eigenvalue weighted by atomic mass is 9.92. The Bertz CT molecular complexity index is 606. The lowest BCUT2D eigenvalue weighted by Gasteiger charge is -2.21. The molecule has 2 aromatic heterocycles. The number of aryl methyl sites for hydroxylation is 2. The summed E-state index contributed by atoms with van der Waals surface area (Å²) >= 11 is 0. The van der Waals surface area contributed by atoms with E-state index in [1.54, 1.807) is 0 Å². The van der Waals surface area contributed by atoms with Crippen LogP contribution in [0.4, 0.5) is 0 Å². The summed E-state index contributed by atoms with van der Waals surface area (Å²) in [5, 5.41) is 0. The Labute approximate surface area is 128 Å². The van der Waals surface area contributed by atoms with Crippen molar-refractivity contribution in [1.29, 1.82) is 0 Å². The fourth-order valence-corrected chi connectivity index (χ4v) is 2.44. The van der Waals surface area contributed by atoms with Crippen molar-refractivity contribution in [3.8, 4) is 0 Å². The first-order chi connectivity index (χ1) is 9.59. The fourth-order valence-electron chi connectivity index (χ4n) is 2.44. The Morgan fingerprint density at radius 2 is 1.67 bits per heavy atom. The van der Waals surface area contributed by atoms with E-state index >= 15 is 0 Å². The zero-order valence-electron chi connectivity index (χ0n) is 14.4. The molecule has 0 amide bonds. The van der Waals surface area contributed by atoms with Crippen LogP contribution in [0.15, 0.2) is 12.4 Å². The highest BCUT2D eigenvalue weighted by molar-refractivity contribution is 5.15. The maximum absolute atomic E-state index is 4.51. The fraction of sp³-hybridized carbons (Fsp3) is 0.647. The van der Waals surface area contributed by atoms with Gasteiger partial charge in [-0.2, -0.15) is 0 Å². The molecule has 0 spiro atoms. The molecule has 4 nitrogen and oxygen atoms in total. The van der Waals surface area contributed by atoms with E-state index in [4.69, 9.17) is 0 Å². The van der Waals surface area contributed by atoms with Crippen LogP contribution >= 0.6 is 0 Å². The van der Waals surface area contributed by atoms with Crippen molar-refractivity contribution in [3.63, 3.8) is 0 Å². The van der Waals surface area contributed by atoms with E-state index in [-0.39, 0.29) is 10.8 Å². The van der Waals surface area contributed by atoms with Crippen molar-refractivity contribution in [2.24, 2.45) is 0 Å². The summed E-state index contributed by atoms with van der Waals surface area (Å²) in [7, 11) is 0. The molecule has 0 unspecified atom stereocenters. The summed E-state index contributed by atoms with van der Waals surface area (Å²) in [4.78, 5) is 12.4. The first-order valence-corrected chi connectivity index (χ1v) is 7.66. The van der Waals surface area contributed by atoms with Gasteiger partial charge < -0.3 is 9.55 Å². The standard InChI is InChI=1S/C17H28N4/c1-12-18-11-14(17(5,6)7)21(12)9-8-15-19-10-13(20-15)16(2,3)4/h10-11H,8-9H2,1-7H3,(H,19,20). The van der Waals surface area contributed by atoms with E-state index in [9.17, 15) is 0 Å². The second-order valence-electron chi connectivity index (χ2n) is 7.84. The molecule has 0 aliphatic carbocycles. The molecule has 116 valence electrons. The van der Waals surface area contributed by atoms with Crippen LogP contribution in [-0.2, 0) is 23.8 Å². The topological polar surface area (TPSA) is 46.5 Å². The first kappa shape index (κ1) is 15.8. The van der Waals surface area contributed by atoms with Gasteiger partial charge in [-0.25, -0.2) is 9.97 Å². The summed E-state index contributed by atoms with van der Waals surface area (Å²) < 4.78 is 2.30. The highest BCUT2D eigenvalue weighted by atomic mass is 15.1. The molecule has 0 saturated heterocycles. The summed E-state index contributed by atoms with van der Waals surface area (Å²) in [6, 6.07) is 0. The van der Waals surface area contributed by atoms with Gasteiger partial charge in [-0.3, -0.25) is 0 Å². The highest BCUT2D eigenvalue weighted by Crippen LogP contribution is 2.24. The number of rotatable bonds is 3. The van der Waals surface area contributed by atoms with E-state index in [0.717, 1.165) is 24.6 Å². The Hall–Kier alpha value is -1.58. The predicted octanol–water partition coefficient (Wildman–Crippen LogP) is 3.75. The molecule has 0 saturated carbocycles. The average Bonchev–Trinajstić information content (AvgIpc) is 2.91. The summed E-state index contributed by atoms with van der Waals surface area (Å²) in [5.74, 6) is 2.12. The quantitative estimate of drug-likeness (QED) is 0.935. The van der Waals surface area contributed by atoms with Crippen LogP contribution in [0.2, 0.25) is 0 Å². The number of hydrogen-bond donors (Lipinski definition) is 1. The van der Waals surface area contributed by atoms with Crippen molar-refractivity contribution >= 4 is 0 Å². The molecule has 2 aromatic rings. The van der Waals surface area contributed by atoms with E-state index in [1.165, 1.54) is 11.4 Å². The normalized spacial score (nSPS) is 12.9. The zero-order valence-corrected chi connectivity index (χ0v) is 14.4. The van der Waals surface area contributed by atoms with Crippen molar-refractivity contribution < 1.29 is 0 Å². The van der Waals surface area contributed by atoms with Gasteiger partial charge in [-0.1, -0.05) is 41.5 Å². The van der Waals surface area contributed by atoms with Crippen LogP contribution in [-0.4, -0.2) is 19.5 Å². The number of aromatic amines is 1. The van der Waals surface area contributed by atoms with Gasteiger partial charge in [0.25, 0.3) is 0 Å². The first-order valence-electron chi connectivity index (χ1n) is 7.66. The molecule has 0 radical (unpaired) electrons. The summed E-state index contributed by atoms with van der Waals surface area (Å²) in [6.07, 6.45) is 4.86. The molecule has 4 heteroatoms. The van der Waals surface area contributed by atoms with Crippen LogP contribution in [0.1, 0.15) is 64.6 Å². The second kappa shape index (κ2) is 5.32. The van der Waals surface area contributed by atoms with Crippen molar-refractivity contribution in [2.45, 2.75) is 72.3 Å². The van der Waals surface area contributed by atoms with Gasteiger partial charge in [-0.15, -0.1) is 0 Å². The monoisotopic (exact) mass is 288 g/mol. The molecule has 0 atom stereocenters. The highest BCUT2D eigenvalue weighted by Gasteiger charge is 2.21. The Morgan fingerprint density at radius 3 is 2.19 bits per heavy atom. The van der Waals surface area contributed by atoms with E-state index in [2.05, 4.69) is 68.0 Å². The third kappa shape index (κ3) is 3.55. The molecule has 0 fully saturated rings. The van der Waals surface area contributed by atoms with Crippen LogP contribution in [0.25, 0.3) is 0 Å². The lowest BCUT2D eigenvalue weighted by molar-refractivity contribution is 0.507. The van der Waals surface area contributed by atoms with Gasteiger partial charge in [0.05, 0.1) is 0 Å². The average molecular weight is 288 g/mol. The lowest BCUT2D eigenvalue weighted by Crippen LogP contribution is -2.19. The Balaban J connectivity index is 2.14. The summed E-state index contributed by atoms with van der Waals surface area (Å²) in [6.45, 7) is 16.2. The predicted molar refractivity (Wildman–Crippen MR) is 86.7 cm³/mol. The largest absolute Gasteiger partial charge is 0.345 e. The molecule has 0 aromatic carbocycles. The molecule has 2 heterocycles. The minimum atomic E-state index is 0.112. The SMILES string of the molecule is Cc1ncc(C(C)(C)C)n1CCc1ncc(C(C)(C)C)[nH]1. The van der Waals surface area contributed by atoms with Gasteiger partial charge in [-0.05, 0) is 6.92 Å². The third-order valence-corrected chi connectivity index (χ3v) is 3.83. The number of aromatic nitrogens is 4. The van der Waals surface area contributed by atoms with E-state index in [0.29, 0.717) is 0 Å². The molecule has 21 heavy (non-hydrogen) atoms. The van der Waals surface area contributed by atoms with Gasteiger partial charge in [0, 0.05) is 47.6 Å². The molecular formula is C17H28N4. The van der Waals surface area contributed by atoms with Gasteiger partial charge in [0.1, 0.15) is 11.6 Å². The Morgan fingerprint density at radius 1 is 1.00 bits per heavy atom. The number of H-pyrrole nitrogens is 1.